The van der Waals surface area contributed by atoms with Crippen LogP contribution in [0, 0.1) is 5.82 Å². The molecule has 0 unspecified atom stereocenters. The highest BCUT2D eigenvalue weighted by atomic mass is 35.5. The van der Waals surface area contributed by atoms with E-state index in [9.17, 15) is 4.39 Å². The van der Waals surface area contributed by atoms with Crippen LogP contribution in [0.25, 0.3) is 0 Å². The van der Waals surface area contributed by atoms with Crippen molar-refractivity contribution in [3.8, 4) is 0 Å². The van der Waals surface area contributed by atoms with Crippen LogP contribution < -0.4 is 0 Å². The minimum absolute atomic E-state index is 0.100. The molecule has 0 aliphatic carbocycles. The Labute approximate surface area is 78.3 Å². The highest BCUT2D eigenvalue weighted by Gasteiger charge is 2.28. The van der Waals surface area contributed by atoms with Gasteiger partial charge in [0.15, 0.2) is 11.0 Å². The van der Waals surface area contributed by atoms with Crippen molar-refractivity contribution in [3.63, 3.8) is 0 Å². The molecule has 0 amide bonds. The van der Waals surface area contributed by atoms with Gasteiger partial charge < -0.3 is 4.74 Å². The van der Waals surface area contributed by atoms with E-state index in [0.717, 1.165) is 0 Å². The van der Waals surface area contributed by atoms with Crippen LogP contribution in [0.15, 0.2) is 6.07 Å². The van der Waals surface area contributed by atoms with Gasteiger partial charge in [-0.05, 0) is 6.07 Å². The zero-order chi connectivity index (χ0) is 8.72. The molecule has 0 saturated carbocycles. The summed E-state index contributed by atoms with van der Waals surface area (Å²) in [6.07, 6.45) is -0.100. The summed E-state index contributed by atoms with van der Waals surface area (Å²) in [6, 6.07) is 1.26. The summed E-state index contributed by atoms with van der Waals surface area (Å²) < 4.78 is 17.8. The summed E-state index contributed by atoms with van der Waals surface area (Å²) in [6.45, 7) is 0.572. The molecule has 2 heterocycles. The molecule has 2 nitrogen and oxygen atoms in total. The number of hydrogen-bond donors (Lipinski definition) is 0. The van der Waals surface area contributed by atoms with E-state index in [-0.39, 0.29) is 16.4 Å². The van der Waals surface area contributed by atoms with Gasteiger partial charge in [-0.15, -0.1) is 0 Å². The molecule has 1 aromatic heterocycles. The van der Waals surface area contributed by atoms with E-state index < -0.39 is 5.82 Å². The number of epoxide rings is 1. The fraction of sp³-hybridized carbons (Fsp3) is 0.286. The van der Waals surface area contributed by atoms with Crippen molar-refractivity contribution in [1.82, 2.24) is 4.98 Å². The molecular weight excluding hydrogens is 204 g/mol. The lowest BCUT2D eigenvalue weighted by molar-refractivity contribution is 0.414. The molecule has 0 N–H and O–H groups in total. The Kier molecular flexibility index (Phi) is 1.94. The molecule has 1 aromatic rings. The molecule has 1 atom stereocenters. The third kappa shape index (κ3) is 1.40. The van der Waals surface area contributed by atoms with Crippen LogP contribution in [0.3, 0.4) is 0 Å². The van der Waals surface area contributed by atoms with Crippen molar-refractivity contribution in [2.45, 2.75) is 6.10 Å². The smallest absolute Gasteiger partial charge is 0.166 e. The molecule has 0 aromatic carbocycles. The van der Waals surface area contributed by atoms with Crippen LogP contribution in [0.1, 0.15) is 11.7 Å². The number of rotatable bonds is 1. The van der Waals surface area contributed by atoms with Crippen molar-refractivity contribution in [2.75, 3.05) is 6.61 Å². The Balaban J connectivity index is 2.47. The second-order valence-corrected chi connectivity index (χ2v) is 3.18. The summed E-state index contributed by atoms with van der Waals surface area (Å²) in [5, 5.41) is 0.00769. The molecule has 2 rings (SSSR count). The highest BCUT2D eigenvalue weighted by Crippen LogP contribution is 2.35. The predicted molar refractivity (Wildman–Crippen MR) is 42.9 cm³/mol. The Morgan fingerprint density at radius 2 is 2.17 bits per heavy atom. The minimum atomic E-state index is -0.563. The first-order valence-corrected chi connectivity index (χ1v) is 4.07. The first kappa shape index (κ1) is 8.23. The maximum atomic E-state index is 12.8. The number of pyridine rings is 1. The van der Waals surface area contributed by atoms with Gasteiger partial charge in [0, 0.05) is 5.56 Å². The second-order valence-electron chi connectivity index (χ2n) is 2.46. The van der Waals surface area contributed by atoms with Gasteiger partial charge >= 0.3 is 0 Å². The zero-order valence-electron chi connectivity index (χ0n) is 5.85. The number of ether oxygens (including phenoxy) is 1. The lowest BCUT2D eigenvalue weighted by atomic mass is 10.2. The van der Waals surface area contributed by atoms with E-state index in [2.05, 4.69) is 4.98 Å². The van der Waals surface area contributed by atoms with Gasteiger partial charge in [-0.25, -0.2) is 9.37 Å². The van der Waals surface area contributed by atoms with E-state index in [1.807, 2.05) is 0 Å². The average molecular weight is 208 g/mol. The van der Waals surface area contributed by atoms with Gasteiger partial charge in [0.1, 0.15) is 11.3 Å². The molecule has 0 spiro atoms. The summed E-state index contributed by atoms with van der Waals surface area (Å²) in [7, 11) is 0. The maximum absolute atomic E-state index is 12.8. The maximum Gasteiger partial charge on any atom is 0.166 e. The van der Waals surface area contributed by atoms with Gasteiger partial charge in [-0.1, -0.05) is 23.2 Å². The van der Waals surface area contributed by atoms with E-state index in [1.165, 1.54) is 6.07 Å². The van der Waals surface area contributed by atoms with Crippen LogP contribution in [0.4, 0.5) is 4.39 Å². The van der Waals surface area contributed by atoms with Gasteiger partial charge in [0.05, 0.1) is 6.61 Å². The lowest BCUT2D eigenvalue weighted by Gasteiger charge is -2.00. The number of aromatic nitrogens is 1. The fourth-order valence-corrected chi connectivity index (χ4v) is 1.36. The topological polar surface area (TPSA) is 25.4 Å². The zero-order valence-corrected chi connectivity index (χ0v) is 7.36. The first-order chi connectivity index (χ1) is 5.68. The SMILES string of the molecule is Fc1cc([C@H]2CO2)c(Cl)nc1Cl. The summed E-state index contributed by atoms with van der Waals surface area (Å²) in [4.78, 5) is 3.61. The van der Waals surface area contributed by atoms with E-state index >= 15 is 0 Å². The second kappa shape index (κ2) is 2.83. The van der Waals surface area contributed by atoms with Crippen molar-refractivity contribution in [3.05, 3.63) is 27.8 Å². The molecule has 1 aliphatic rings. The fourth-order valence-electron chi connectivity index (χ4n) is 0.913. The number of halogens is 3. The first-order valence-electron chi connectivity index (χ1n) is 3.31. The Bertz CT molecular complexity index is 327. The average Bonchev–Trinajstić information content (AvgIpc) is 2.79. The van der Waals surface area contributed by atoms with Crippen LogP contribution >= 0.6 is 23.2 Å². The van der Waals surface area contributed by atoms with Crippen LogP contribution in [-0.4, -0.2) is 11.6 Å². The Hall–Kier alpha value is -0.380. The van der Waals surface area contributed by atoms with Crippen molar-refractivity contribution >= 4 is 23.2 Å². The summed E-state index contributed by atoms with van der Waals surface area (Å²) in [5.74, 6) is -0.563. The van der Waals surface area contributed by atoms with Crippen molar-refractivity contribution in [2.24, 2.45) is 0 Å². The third-order valence-electron chi connectivity index (χ3n) is 1.59. The lowest BCUT2D eigenvalue weighted by Crippen LogP contribution is -1.91. The normalized spacial score (nSPS) is 21.1. The number of hydrogen-bond acceptors (Lipinski definition) is 2. The molecule has 1 aliphatic heterocycles. The molecule has 0 bridgehead atoms. The largest absolute Gasteiger partial charge is 0.368 e. The summed E-state index contributed by atoms with van der Waals surface area (Å²) >= 11 is 11.1. The van der Waals surface area contributed by atoms with Gasteiger partial charge in [-0.3, -0.25) is 0 Å². The molecule has 1 fully saturated rings. The molecule has 64 valence electrons. The summed E-state index contributed by atoms with van der Waals surface area (Å²) in [5.41, 5.74) is 0.568. The highest BCUT2D eigenvalue weighted by molar-refractivity contribution is 6.33. The Morgan fingerprint density at radius 1 is 1.50 bits per heavy atom. The molecule has 5 heteroatoms. The van der Waals surface area contributed by atoms with E-state index in [0.29, 0.717) is 12.2 Å². The van der Waals surface area contributed by atoms with Gasteiger partial charge in [0.25, 0.3) is 0 Å². The quantitative estimate of drug-likeness (QED) is 0.523. The molecule has 1 saturated heterocycles. The van der Waals surface area contributed by atoms with Crippen LogP contribution in [0.2, 0.25) is 10.3 Å². The van der Waals surface area contributed by atoms with E-state index in [1.54, 1.807) is 0 Å². The predicted octanol–water partition coefficient (Wildman–Crippen LogP) is 2.60. The standard InChI is InChI=1S/C7H4Cl2FNO/c8-6-3(5-2-12-5)1-4(10)7(9)11-6/h1,5H,2H2/t5-/m1/s1. The molecule has 12 heavy (non-hydrogen) atoms. The van der Waals surface area contributed by atoms with Gasteiger partial charge in [-0.2, -0.15) is 0 Å². The minimum Gasteiger partial charge on any atom is -0.368 e. The molecule has 0 radical (unpaired) electrons. The third-order valence-corrected chi connectivity index (χ3v) is 2.16. The molecular formula is C7H4Cl2FNO. The number of nitrogens with zero attached hydrogens (tertiary/aromatic N) is 1. The van der Waals surface area contributed by atoms with Crippen LogP contribution in [-0.2, 0) is 4.74 Å². The van der Waals surface area contributed by atoms with Crippen molar-refractivity contribution < 1.29 is 9.13 Å². The van der Waals surface area contributed by atoms with Crippen LogP contribution in [0.5, 0.6) is 0 Å². The van der Waals surface area contributed by atoms with E-state index in [4.69, 9.17) is 27.9 Å². The monoisotopic (exact) mass is 207 g/mol. The van der Waals surface area contributed by atoms with Gasteiger partial charge in [0.2, 0.25) is 0 Å². The van der Waals surface area contributed by atoms with Crippen molar-refractivity contribution in [1.29, 1.82) is 0 Å². The Morgan fingerprint density at radius 3 is 2.75 bits per heavy atom.